The van der Waals surface area contributed by atoms with Crippen LogP contribution in [0.5, 0.6) is 5.75 Å². The molecule has 2 fully saturated rings. The lowest BCUT2D eigenvalue weighted by Gasteiger charge is -2.42. The summed E-state index contributed by atoms with van der Waals surface area (Å²) in [5.41, 5.74) is 1.09. The number of carbonyl (C=O) groups is 1. The molecule has 2 atom stereocenters. The van der Waals surface area contributed by atoms with Crippen LogP contribution in [0.25, 0.3) is 10.9 Å². The summed E-state index contributed by atoms with van der Waals surface area (Å²) in [6, 6.07) is 10.5. The molecule has 10 nitrogen and oxygen atoms in total. The molecule has 0 bridgehead atoms. The molecule has 1 aromatic carbocycles. The minimum atomic E-state index is -2.82. The molecule has 0 unspecified atom stereocenters. The van der Waals surface area contributed by atoms with E-state index in [0.717, 1.165) is 0 Å². The second kappa shape index (κ2) is 11.7. The number of nitriles is 1. The average molecular weight is 601 g/mol. The van der Waals surface area contributed by atoms with Crippen molar-refractivity contribution in [2.24, 2.45) is 17.8 Å². The zero-order valence-corrected chi connectivity index (χ0v) is 24.2. The standard InChI is InChI=1S/C29H31ClF2N6O4/c1-16-10-37(11-17(2)29(16,31)32)27-20(9-33)7-22(30)26(36-27)35-21-4-5-23-19(6-21)8-24(42-15-25(39)34-3)28(40)38(23)12-18-13-41-14-18/h4-8,16-18H,10-15H2,1-3H3,(H,34,39)(H,35,36)/t16-,17+. The highest BCUT2D eigenvalue weighted by atomic mass is 35.5. The number of likely N-dealkylation sites (N-methyl/N-ethyl adjacent to an activating group) is 1. The highest BCUT2D eigenvalue weighted by Gasteiger charge is 2.47. The van der Waals surface area contributed by atoms with Crippen LogP contribution in [0.15, 0.2) is 35.1 Å². The number of fused-ring (bicyclic) bond motifs is 1. The van der Waals surface area contributed by atoms with Crippen LogP contribution in [0, 0.1) is 29.1 Å². The Bertz CT molecular complexity index is 1610. The molecule has 5 rings (SSSR count). The lowest BCUT2D eigenvalue weighted by molar-refractivity contribution is -0.122. The summed E-state index contributed by atoms with van der Waals surface area (Å²) in [7, 11) is 1.48. The molecule has 0 aliphatic carbocycles. The SMILES string of the molecule is CNC(=O)COc1cc2cc(Nc3nc(N4C[C@@H](C)C(F)(F)[C@@H](C)C4)c(C#N)cc3Cl)ccc2n(CC2COC2)c1=O. The fourth-order valence-corrected chi connectivity index (χ4v) is 5.45. The number of ether oxygens (including phenoxy) is 2. The molecule has 42 heavy (non-hydrogen) atoms. The van der Waals surface area contributed by atoms with Crippen molar-refractivity contribution in [3.8, 4) is 11.8 Å². The van der Waals surface area contributed by atoms with E-state index >= 15 is 0 Å². The largest absolute Gasteiger partial charge is 0.478 e. The second-order valence-corrected chi connectivity index (χ2v) is 11.3. The van der Waals surface area contributed by atoms with Crippen LogP contribution in [-0.2, 0) is 16.1 Å². The van der Waals surface area contributed by atoms with Gasteiger partial charge in [-0.25, -0.2) is 13.8 Å². The van der Waals surface area contributed by atoms with Crippen LogP contribution in [-0.4, -0.2) is 61.3 Å². The fourth-order valence-electron chi connectivity index (χ4n) is 5.25. The first-order valence-corrected chi connectivity index (χ1v) is 14.0. The number of benzene rings is 1. The van der Waals surface area contributed by atoms with Gasteiger partial charge in [-0.2, -0.15) is 5.26 Å². The van der Waals surface area contributed by atoms with Crippen LogP contribution in [0.3, 0.4) is 0 Å². The number of hydrogen-bond acceptors (Lipinski definition) is 8. The molecule has 2 aliphatic rings. The first kappa shape index (κ1) is 29.5. The number of halogens is 3. The van der Waals surface area contributed by atoms with E-state index in [-0.39, 0.29) is 65.1 Å². The first-order valence-electron chi connectivity index (χ1n) is 13.6. The Labute approximate surface area is 246 Å². The van der Waals surface area contributed by atoms with Crippen LogP contribution in [0.2, 0.25) is 5.02 Å². The van der Waals surface area contributed by atoms with Gasteiger partial charge in [0.1, 0.15) is 11.9 Å². The molecule has 3 aromatic rings. The maximum Gasteiger partial charge on any atom is 0.293 e. The molecule has 0 radical (unpaired) electrons. The predicted molar refractivity (Wildman–Crippen MR) is 155 cm³/mol. The van der Waals surface area contributed by atoms with Gasteiger partial charge in [-0.3, -0.25) is 9.59 Å². The highest BCUT2D eigenvalue weighted by Crippen LogP contribution is 2.40. The number of alkyl halides is 2. The van der Waals surface area contributed by atoms with Crippen molar-refractivity contribution in [2.75, 3.05) is 50.2 Å². The maximum atomic E-state index is 14.5. The van der Waals surface area contributed by atoms with Gasteiger partial charge in [-0.05, 0) is 30.3 Å². The molecule has 13 heteroatoms. The highest BCUT2D eigenvalue weighted by molar-refractivity contribution is 6.33. The van der Waals surface area contributed by atoms with Crippen molar-refractivity contribution in [1.29, 1.82) is 5.26 Å². The number of piperidine rings is 1. The molecular weight excluding hydrogens is 570 g/mol. The van der Waals surface area contributed by atoms with Crippen molar-refractivity contribution >= 4 is 45.7 Å². The zero-order valence-electron chi connectivity index (χ0n) is 23.4. The van der Waals surface area contributed by atoms with Crippen molar-refractivity contribution in [2.45, 2.75) is 26.3 Å². The van der Waals surface area contributed by atoms with E-state index in [9.17, 15) is 23.6 Å². The third-order valence-corrected chi connectivity index (χ3v) is 8.08. The van der Waals surface area contributed by atoms with Gasteiger partial charge >= 0.3 is 0 Å². The summed E-state index contributed by atoms with van der Waals surface area (Å²) in [5, 5.41) is 16.2. The Morgan fingerprint density at radius 3 is 2.57 bits per heavy atom. The molecule has 2 aromatic heterocycles. The predicted octanol–water partition coefficient (Wildman–Crippen LogP) is 4.16. The summed E-state index contributed by atoms with van der Waals surface area (Å²) in [5.74, 6) is -4.31. The molecule has 222 valence electrons. The molecular formula is C29H31ClF2N6O4. The summed E-state index contributed by atoms with van der Waals surface area (Å²) < 4.78 is 41.5. The Balaban J connectivity index is 1.49. The third kappa shape index (κ3) is 5.71. The van der Waals surface area contributed by atoms with Gasteiger partial charge in [0.15, 0.2) is 18.2 Å². The van der Waals surface area contributed by atoms with Crippen LogP contribution in [0.4, 0.5) is 26.1 Å². The van der Waals surface area contributed by atoms with E-state index in [4.69, 9.17) is 21.1 Å². The third-order valence-electron chi connectivity index (χ3n) is 7.79. The van der Waals surface area contributed by atoms with Gasteiger partial charge in [0.25, 0.3) is 17.4 Å². The Kier molecular flexibility index (Phi) is 8.25. The number of amides is 1. The number of hydrogen-bond donors (Lipinski definition) is 2. The molecule has 2 saturated heterocycles. The maximum absolute atomic E-state index is 14.5. The Hall–Kier alpha value is -3.95. The fraction of sp³-hybridized carbons (Fsp3) is 0.448. The molecule has 0 saturated carbocycles. The number of anilines is 3. The normalized spacial score (nSPS) is 20.1. The van der Waals surface area contributed by atoms with Crippen molar-refractivity contribution in [3.05, 3.63) is 51.3 Å². The van der Waals surface area contributed by atoms with Crippen molar-refractivity contribution < 1.29 is 23.0 Å². The molecule has 2 aliphatic heterocycles. The van der Waals surface area contributed by atoms with Gasteiger partial charge in [-0.15, -0.1) is 0 Å². The van der Waals surface area contributed by atoms with E-state index in [1.165, 1.54) is 27.0 Å². The van der Waals surface area contributed by atoms with Crippen LogP contribution in [0.1, 0.15) is 19.4 Å². The van der Waals surface area contributed by atoms with Crippen LogP contribution >= 0.6 is 11.6 Å². The molecule has 2 N–H and O–H groups in total. The molecule has 1 amide bonds. The Morgan fingerprint density at radius 2 is 1.95 bits per heavy atom. The van der Waals surface area contributed by atoms with E-state index in [1.54, 1.807) is 33.7 Å². The second-order valence-electron chi connectivity index (χ2n) is 10.9. The van der Waals surface area contributed by atoms with Crippen molar-refractivity contribution in [3.63, 3.8) is 0 Å². The first-order chi connectivity index (χ1) is 20.0. The number of nitrogens with one attached hydrogen (secondary N) is 2. The quantitative estimate of drug-likeness (QED) is 0.395. The number of nitrogens with zero attached hydrogens (tertiary/aromatic N) is 4. The van der Waals surface area contributed by atoms with Crippen LogP contribution < -0.4 is 25.8 Å². The van der Waals surface area contributed by atoms with Gasteiger partial charge in [0.05, 0.1) is 29.3 Å². The minimum absolute atomic E-state index is 0.0328. The topological polar surface area (TPSA) is 122 Å². The minimum Gasteiger partial charge on any atom is -0.478 e. The Morgan fingerprint density at radius 1 is 1.24 bits per heavy atom. The summed E-state index contributed by atoms with van der Waals surface area (Å²) in [6.45, 7) is 4.28. The summed E-state index contributed by atoms with van der Waals surface area (Å²) >= 11 is 6.50. The molecule has 0 spiro atoms. The number of rotatable bonds is 8. The molecule has 4 heterocycles. The lowest BCUT2D eigenvalue weighted by Crippen LogP contribution is -2.52. The van der Waals surface area contributed by atoms with Crippen molar-refractivity contribution in [1.82, 2.24) is 14.9 Å². The lowest BCUT2D eigenvalue weighted by atomic mass is 9.87. The monoisotopic (exact) mass is 600 g/mol. The van der Waals surface area contributed by atoms with E-state index < -0.39 is 17.8 Å². The van der Waals surface area contributed by atoms with Gasteiger partial charge in [0.2, 0.25) is 0 Å². The number of aromatic nitrogens is 2. The average Bonchev–Trinajstić information content (AvgIpc) is 2.94. The zero-order chi connectivity index (χ0) is 30.2. The van der Waals surface area contributed by atoms with E-state index in [0.29, 0.717) is 36.3 Å². The number of pyridine rings is 2. The van der Waals surface area contributed by atoms with Gasteiger partial charge in [-0.1, -0.05) is 25.4 Å². The van der Waals surface area contributed by atoms with E-state index in [2.05, 4.69) is 21.7 Å². The van der Waals surface area contributed by atoms with Gasteiger partial charge in [0, 0.05) is 55.5 Å². The summed E-state index contributed by atoms with van der Waals surface area (Å²) in [4.78, 5) is 31.3. The van der Waals surface area contributed by atoms with Gasteiger partial charge < -0.3 is 29.6 Å². The number of carbonyl (C=O) groups excluding carboxylic acids is 1. The summed E-state index contributed by atoms with van der Waals surface area (Å²) in [6.07, 6.45) is 0. The van der Waals surface area contributed by atoms with E-state index in [1.807, 2.05) is 0 Å². The smallest absolute Gasteiger partial charge is 0.293 e.